The molecule has 4 heterocycles. The summed E-state index contributed by atoms with van der Waals surface area (Å²) in [5.41, 5.74) is 0.714. The Morgan fingerprint density at radius 2 is 2.00 bits per heavy atom. The lowest BCUT2D eigenvalue weighted by Crippen LogP contribution is -2.42. The van der Waals surface area contributed by atoms with Crippen LogP contribution in [0, 0.1) is 5.92 Å². The summed E-state index contributed by atoms with van der Waals surface area (Å²) in [7, 11) is 0. The molecule has 0 radical (unpaired) electrons. The molecule has 1 aliphatic heterocycles. The lowest BCUT2D eigenvalue weighted by Gasteiger charge is -2.31. The van der Waals surface area contributed by atoms with Gasteiger partial charge in [-0.15, -0.1) is 21.5 Å². The van der Waals surface area contributed by atoms with Crippen LogP contribution in [-0.4, -0.2) is 45.5 Å². The first-order chi connectivity index (χ1) is 14.2. The molecule has 1 N–H and O–H groups in total. The first kappa shape index (κ1) is 19.3. The Labute approximate surface area is 172 Å². The molecule has 29 heavy (non-hydrogen) atoms. The topological polar surface area (TPSA) is 93.0 Å². The predicted molar refractivity (Wildman–Crippen MR) is 112 cm³/mol. The van der Waals surface area contributed by atoms with E-state index in [4.69, 9.17) is 0 Å². The van der Waals surface area contributed by atoms with Crippen molar-refractivity contribution in [2.24, 2.45) is 5.92 Å². The van der Waals surface area contributed by atoms with Crippen molar-refractivity contribution in [3.05, 3.63) is 58.3 Å². The van der Waals surface area contributed by atoms with E-state index in [1.807, 2.05) is 29.6 Å². The van der Waals surface area contributed by atoms with Gasteiger partial charge in [0.25, 0.3) is 5.56 Å². The molecular weight excluding hydrogens is 388 g/mol. The van der Waals surface area contributed by atoms with Gasteiger partial charge in [-0.25, -0.2) is 4.68 Å². The number of nitrogens with one attached hydrogen (secondary N) is 1. The quantitative estimate of drug-likeness (QED) is 0.666. The molecule has 0 aromatic carbocycles. The van der Waals surface area contributed by atoms with Crippen LogP contribution < -0.4 is 15.8 Å². The van der Waals surface area contributed by atoms with E-state index in [0.29, 0.717) is 13.1 Å². The van der Waals surface area contributed by atoms with Crippen molar-refractivity contribution >= 4 is 23.1 Å². The van der Waals surface area contributed by atoms with Crippen molar-refractivity contribution in [3.63, 3.8) is 0 Å². The first-order valence-corrected chi connectivity index (χ1v) is 10.5. The molecule has 8 nitrogen and oxygen atoms in total. The maximum absolute atomic E-state index is 12.4. The van der Waals surface area contributed by atoms with E-state index >= 15 is 0 Å². The van der Waals surface area contributed by atoms with Gasteiger partial charge >= 0.3 is 0 Å². The van der Waals surface area contributed by atoms with Gasteiger partial charge in [0.1, 0.15) is 5.69 Å². The van der Waals surface area contributed by atoms with Crippen molar-refractivity contribution in [1.29, 1.82) is 0 Å². The molecule has 4 rings (SSSR count). The molecule has 3 aromatic heterocycles. The maximum Gasteiger partial charge on any atom is 0.266 e. The van der Waals surface area contributed by atoms with E-state index in [0.717, 1.165) is 42.3 Å². The maximum atomic E-state index is 12.4. The van der Waals surface area contributed by atoms with Crippen LogP contribution in [0.5, 0.6) is 0 Å². The van der Waals surface area contributed by atoms with E-state index in [-0.39, 0.29) is 17.4 Å². The second-order valence-corrected chi connectivity index (χ2v) is 7.84. The lowest BCUT2D eigenvalue weighted by molar-refractivity contribution is -0.125. The van der Waals surface area contributed by atoms with Gasteiger partial charge in [0.05, 0.1) is 11.4 Å². The van der Waals surface area contributed by atoms with Gasteiger partial charge in [0, 0.05) is 37.8 Å². The second-order valence-electron chi connectivity index (χ2n) is 6.89. The zero-order valence-electron chi connectivity index (χ0n) is 15.9. The van der Waals surface area contributed by atoms with Crippen LogP contribution >= 0.6 is 11.3 Å². The van der Waals surface area contributed by atoms with Gasteiger partial charge in [-0.2, -0.15) is 5.10 Å². The Hall–Kier alpha value is -3.07. The molecular formula is C20H22N6O2S. The van der Waals surface area contributed by atoms with Gasteiger partial charge in [-0.3, -0.25) is 9.59 Å². The molecule has 1 aliphatic rings. The summed E-state index contributed by atoms with van der Waals surface area (Å²) < 4.78 is 1.35. The Morgan fingerprint density at radius 3 is 2.69 bits per heavy atom. The molecule has 0 unspecified atom stereocenters. The van der Waals surface area contributed by atoms with Crippen molar-refractivity contribution < 1.29 is 4.79 Å². The van der Waals surface area contributed by atoms with Crippen LogP contribution in [-0.2, 0) is 11.3 Å². The smallest absolute Gasteiger partial charge is 0.266 e. The monoisotopic (exact) mass is 410 g/mol. The first-order valence-electron chi connectivity index (χ1n) is 9.63. The summed E-state index contributed by atoms with van der Waals surface area (Å²) in [5, 5.41) is 17.6. The molecule has 0 aliphatic carbocycles. The molecule has 1 fully saturated rings. The summed E-state index contributed by atoms with van der Waals surface area (Å²) in [5.74, 6) is 0.858. The van der Waals surface area contributed by atoms with Crippen molar-refractivity contribution in [2.75, 3.05) is 24.5 Å². The van der Waals surface area contributed by atoms with Crippen molar-refractivity contribution in [3.8, 4) is 10.6 Å². The lowest BCUT2D eigenvalue weighted by atomic mass is 9.96. The fourth-order valence-electron chi connectivity index (χ4n) is 3.40. The highest BCUT2D eigenvalue weighted by Crippen LogP contribution is 2.25. The molecule has 0 atom stereocenters. The number of carbonyl (C=O) groups excluding carboxylic acids is 1. The molecule has 9 heteroatoms. The normalized spacial score (nSPS) is 14.7. The van der Waals surface area contributed by atoms with Gasteiger partial charge in [0.2, 0.25) is 5.91 Å². The second kappa shape index (κ2) is 8.95. The van der Waals surface area contributed by atoms with Crippen LogP contribution in [0.25, 0.3) is 10.6 Å². The Kier molecular flexibility index (Phi) is 5.95. The number of thiophene rings is 1. The summed E-state index contributed by atoms with van der Waals surface area (Å²) >= 11 is 1.64. The zero-order valence-corrected chi connectivity index (χ0v) is 16.7. The molecule has 1 saturated heterocycles. The molecule has 1 amide bonds. The van der Waals surface area contributed by atoms with Crippen LogP contribution in [0.4, 0.5) is 5.82 Å². The highest BCUT2D eigenvalue weighted by atomic mass is 32.1. The number of hydrogen-bond acceptors (Lipinski definition) is 7. The number of aromatic nitrogens is 4. The average Bonchev–Trinajstić information content (AvgIpc) is 3.30. The molecule has 150 valence electrons. The number of piperidine rings is 1. The van der Waals surface area contributed by atoms with Gasteiger partial charge in [-0.05, 0) is 42.5 Å². The highest BCUT2D eigenvalue weighted by molar-refractivity contribution is 7.13. The minimum Gasteiger partial charge on any atom is -0.355 e. The Balaban J connectivity index is 1.25. The number of carbonyl (C=O) groups is 1. The third-order valence-corrected chi connectivity index (χ3v) is 5.91. The number of amides is 1. The zero-order chi connectivity index (χ0) is 20.1. The van der Waals surface area contributed by atoms with Crippen LogP contribution in [0.1, 0.15) is 12.8 Å². The van der Waals surface area contributed by atoms with Crippen molar-refractivity contribution in [2.45, 2.75) is 19.4 Å². The molecule has 0 saturated carbocycles. The van der Waals surface area contributed by atoms with E-state index < -0.39 is 0 Å². The van der Waals surface area contributed by atoms with E-state index in [1.165, 1.54) is 10.7 Å². The summed E-state index contributed by atoms with van der Waals surface area (Å²) in [6, 6.07) is 11.1. The van der Waals surface area contributed by atoms with Crippen LogP contribution in [0.2, 0.25) is 0 Å². The Morgan fingerprint density at radius 1 is 1.14 bits per heavy atom. The van der Waals surface area contributed by atoms with E-state index in [2.05, 4.69) is 25.5 Å². The SMILES string of the molecule is O=C(NCCn1ncccc1=O)C1CCN(c2ccc(-c3cccs3)nn2)CC1. The third kappa shape index (κ3) is 4.68. The van der Waals surface area contributed by atoms with Gasteiger partial charge in [0.15, 0.2) is 5.82 Å². The Bertz CT molecular complexity index is 994. The third-order valence-electron chi connectivity index (χ3n) is 5.02. The largest absolute Gasteiger partial charge is 0.355 e. The van der Waals surface area contributed by atoms with Crippen molar-refractivity contribution in [1.82, 2.24) is 25.3 Å². The number of anilines is 1. The van der Waals surface area contributed by atoms with Crippen LogP contribution in [0.15, 0.2) is 52.8 Å². The van der Waals surface area contributed by atoms with E-state index in [9.17, 15) is 9.59 Å². The van der Waals surface area contributed by atoms with E-state index in [1.54, 1.807) is 23.6 Å². The van der Waals surface area contributed by atoms with Gasteiger partial charge < -0.3 is 10.2 Å². The minimum absolute atomic E-state index is 0.0231. The fraction of sp³-hybridized carbons (Fsp3) is 0.350. The summed E-state index contributed by atoms with van der Waals surface area (Å²) in [4.78, 5) is 27.3. The standard InChI is InChI=1S/C20H22N6O2S/c27-19-4-1-9-22-26(19)13-10-21-20(28)15-7-11-25(12-8-15)18-6-5-16(23-24-18)17-3-2-14-29-17/h1-6,9,14-15H,7-8,10-13H2,(H,21,28). The molecule has 3 aromatic rings. The average molecular weight is 411 g/mol. The molecule has 0 bridgehead atoms. The number of nitrogens with zero attached hydrogens (tertiary/aromatic N) is 5. The van der Waals surface area contributed by atoms with Gasteiger partial charge in [-0.1, -0.05) is 6.07 Å². The fourth-order valence-corrected chi connectivity index (χ4v) is 4.10. The predicted octanol–water partition coefficient (Wildman–Crippen LogP) is 1.79. The van der Waals surface area contributed by atoms with Crippen LogP contribution in [0.3, 0.4) is 0 Å². The highest BCUT2D eigenvalue weighted by Gasteiger charge is 2.25. The minimum atomic E-state index is -0.165. The summed E-state index contributed by atoms with van der Waals surface area (Å²) in [6.07, 6.45) is 3.10. The number of hydrogen-bond donors (Lipinski definition) is 1. The number of rotatable bonds is 6. The summed E-state index contributed by atoms with van der Waals surface area (Å²) in [6.45, 7) is 2.30. The molecule has 0 spiro atoms.